The molecule has 33 heavy (non-hydrogen) atoms. The second-order valence-electron chi connectivity index (χ2n) is 6.88. The number of carbonyl (C=O) groups is 1. The van der Waals surface area contributed by atoms with Crippen molar-refractivity contribution < 1.29 is 13.2 Å². The van der Waals surface area contributed by atoms with Gasteiger partial charge in [-0.3, -0.25) is 4.79 Å². The molecule has 11 heteroatoms. The van der Waals surface area contributed by atoms with E-state index in [-0.39, 0.29) is 36.4 Å². The van der Waals surface area contributed by atoms with E-state index in [0.29, 0.717) is 11.3 Å². The second kappa shape index (κ2) is 10.9. The predicted molar refractivity (Wildman–Crippen MR) is 129 cm³/mol. The summed E-state index contributed by atoms with van der Waals surface area (Å²) in [6, 6.07) is 15.2. The van der Waals surface area contributed by atoms with Crippen LogP contribution in [-0.4, -0.2) is 36.3 Å². The van der Waals surface area contributed by atoms with E-state index < -0.39 is 15.9 Å². The molecule has 0 saturated carbocycles. The van der Waals surface area contributed by atoms with Crippen molar-refractivity contribution in [2.75, 3.05) is 13.1 Å². The minimum absolute atomic E-state index is 0.00492. The van der Waals surface area contributed by atoms with Gasteiger partial charge in [-0.05, 0) is 59.3 Å². The van der Waals surface area contributed by atoms with Crippen LogP contribution in [0.2, 0.25) is 0 Å². The standard InChI is InChI=1S/C22H20BrN5O3S2/c1-2-28-20-18(23)6-3-7-19(20)32-22(28)26-21(29)16-8-10-17(11-9-16)33(30,31)27(14-4-12-24)15-5-13-25/h3,6-11H,2,4-5,14-15H2,1H3. The van der Waals surface area contributed by atoms with Crippen LogP contribution in [0, 0.1) is 22.7 Å². The highest BCUT2D eigenvalue weighted by Gasteiger charge is 2.24. The van der Waals surface area contributed by atoms with Gasteiger partial charge >= 0.3 is 0 Å². The van der Waals surface area contributed by atoms with Gasteiger partial charge in [0.2, 0.25) is 10.0 Å². The summed E-state index contributed by atoms with van der Waals surface area (Å²) in [6.07, 6.45) is 0.0334. The van der Waals surface area contributed by atoms with Crippen LogP contribution in [0.4, 0.5) is 0 Å². The molecule has 0 spiro atoms. The Balaban J connectivity index is 1.92. The SMILES string of the molecule is CCn1c(=NC(=O)c2ccc(S(=O)(=O)N(CCC#N)CCC#N)cc2)sc2cccc(Br)c21. The van der Waals surface area contributed by atoms with E-state index in [4.69, 9.17) is 10.5 Å². The summed E-state index contributed by atoms with van der Waals surface area (Å²) in [5.74, 6) is -0.477. The van der Waals surface area contributed by atoms with E-state index in [9.17, 15) is 13.2 Å². The first-order chi connectivity index (χ1) is 15.8. The molecule has 1 aromatic heterocycles. The molecule has 0 fully saturated rings. The number of hydrogen-bond acceptors (Lipinski definition) is 6. The number of thiazole rings is 1. The third kappa shape index (κ3) is 5.40. The van der Waals surface area contributed by atoms with Crippen molar-refractivity contribution in [1.29, 1.82) is 10.5 Å². The maximum atomic E-state index is 12.9. The normalized spacial score (nSPS) is 12.1. The highest BCUT2D eigenvalue weighted by molar-refractivity contribution is 9.10. The first-order valence-corrected chi connectivity index (χ1v) is 13.1. The molecule has 2 aromatic carbocycles. The highest BCUT2D eigenvalue weighted by Crippen LogP contribution is 2.26. The number of nitriles is 2. The van der Waals surface area contributed by atoms with E-state index >= 15 is 0 Å². The summed E-state index contributed by atoms with van der Waals surface area (Å²) in [6.45, 7) is 2.59. The maximum absolute atomic E-state index is 12.9. The number of para-hydroxylation sites is 1. The molecule has 0 radical (unpaired) electrons. The molecular formula is C22H20BrN5O3S2. The average molecular weight is 546 g/mol. The Bertz CT molecular complexity index is 1410. The molecule has 1 amide bonds. The number of rotatable bonds is 8. The summed E-state index contributed by atoms with van der Waals surface area (Å²) in [7, 11) is -3.90. The summed E-state index contributed by atoms with van der Waals surface area (Å²) in [5.41, 5.74) is 1.22. The third-order valence-electron chi connectivity index (χ3n) is 4.85. The van der Waals surface area contributed by atoms with Gasteiger partial charge in [-0.1, -0.05) is 17.4 Å². The summed E-state index contributed by atoms with van der Waals surface area (Å²) in [5, 5.41) is 17.6. The van der Waals surface area contributed by atoms with Crippen LogP contribution in [0.1, 0.15) is 30.1 Å². The molecule has 0 unspecified atom stereocenters. The lowest BCUT2D eigenvalue weighted by molar-refractivity contribution is 0.0997. The van der Waals surface area contributed by atoms with E-state index in [2.05, 4.69) is 20.9 Å². The lowest BCUT2D eigenvalue weighted by Crippen LogP contribution is -2.32. The number of fused-ring (bicyclic) bond motifs is 1. The molecule has 0 bridgehead atoms. The number of sulfonamides is 1. The zero-order chi connectivity index (χ0) is 24.0. The van der Waals surface area contributed by atoms with E-state index in [1.54, 1.807) is 0 Å². The minimum atomic E-state index is -3.90. The zero-order valence-corrected chi connectivity index (χ0v) is 21.0. The van der Waals surface area contributed by atoms with Crippen molar-refractivity contribution in [3.05, 3.63) is 57.3 Å². The molecule has 8 nitrogen and oxygen atoms in total. The summed E-state index contributed by atoms with van der Waals surface area (Å²) in [4.78, 5) is 17.6. The lowest BCUT2D eigenvalue weighted by atomic mass is 10.2. The first kappa shape index (κ1) is 24.8. The zero-order valence-electron chi connectivity index (χ0n) is 17.7. The lowest BCUT2D eigenvalue weighted by Gasteiger charge is -2.20. The van der Waals surface area contributed by atoms with Crippen LogP contribution in [-0.2, 0) is 16.6 Å². The van der Waals surface area contributed by atoms with Gasteiger partial charge in [-0.2, -0.15) is 19.8 Å². The Morgan fingerprint density at radius 2 is 1.76 bits per heavy atom. The van der Waals surface area contributed by atoms with Gasteiger partial charge < -0.3 is 4.57 Å². The van der Waals surface area contributed by atoms with Crippen molar-refractivity contribution in [3.63, 3.8) is 0 Å². The average Bonchev–Trinajstić information content (AvgIpc) is 3.17. The van der Waals surface area contributed by atoms with Gasteiger partial charge in [-0.15, -0.1) is 0 Å². The number of amides is 1. The maximum Gasteiger partial charge on any atom is 0.279 e. The van der Waals surface area contributed by atoms with E-state index in [1.807, 2.05) is 41.8 Å². The van der Waals surface area contributed by atoms with Gasteiger partial charge in [0.15, 0.2) is 4.80 Å². The molecule has 1 heterocycles. The van der Waals surface area contributed by atoms with Gasteiger partial charge in [0.25, 0.3) is 5.91 Å². The van der Waals surface area contributed by atoms with Crippen LogP contribution in [0.25, 0.3) is 10.2 Å². The fourth-order valence-electron chi connectivity index (χ4n) is 3.24. The Morgan fingerprint density at radius 3 is 2.33 bits per heavy atom. The Hall–Kier alpha value is -2.83. The van der Waals surface area contributed by atoms with Gasteiger partial charge in [0.1, 0.15) is 0 Å². The van der Waals surface area contributed by atoms with Gasteiger partial charge in [0, 0.05) is 42.5 Å². The van der Waals surface area contributed by atoms with Crippen LogP contribution >= 0.6 is 27.3 Å². The number of aromatic nitrogens is 1. The quantitative estimate of drug-likeness (QED) is 0.423. The minimum Gasteiger partial charge on any atom is -0.316 e. The predicted octanol–water partition coefficient (Wildman–Crippen LogP) is 4.04. The number of nitrogens with zero attached hydrogens (tertiary/aromatic N) is 5. The first-order valence-electron chi connectivity index (χ1n) is 10.0. The number of aryl methyl sites for hydroxylation is 1. The Kier molecular flexibility index (Phi) is 8.16. The molecule has 0 saturated heterocycles. The van der Waals surface area contributed by atoms with Crippen molar-refractivity contribution in [2.45, 2.75) is 31.2 Å². The van der Waals surface area contributed by atoms with Crippen molar-refractivity contribution in [2.24, 2.45) is 4.99 Å². The smallest absolute Gasteiger partial charge is 0.279 e. The molecule has 0 N–H and O–H groups in total. The fraction of sp³-hybridized carbons (Fsp3) is 0.273. The number of hydrogen-bond donors (Lipinski definition) is 0. The number of carbonyl (C=O) groups excluding carboxylic acids is 1. The Labute approximate surface area is 204 Å². The third-order valence-corrected chi connectivity index (χ3v) is 8.45. The molecule has 3 aromatic rings. The van der Waals surface area contributed by atoms with Crippen molar-refractivity contribution in [3.8, 4) is 12.1 Å². The molecule has 170 valence electrons. The number of benzene rings is 2. The van der Waals surface area contributed by atoms with Crippen LogP contribution in [0.3, 0.4) is 0 Å². The topological polar surface area (TPSA) is 119 Å². The summed E-state index contributed by atoms with van der Waals surface area (Å²) >= 11 is 4.95. The monoisotopic (exact) mass is 545 g/mol. The Morgan fingerprint density at radius 1 is 1.12 bits per heavy atom. The van der Waals surface area contributed by atoms with Crippen LogP contribution in [0.15, 0.2) is 56.8 Å². The largest absolute Gasteiger partial charge is 0.316 e. The van der Waals surface area contributed by atoms with Crippen molar-refractivity contribution >= 4 is 53.4 Å². The van der Waals surface area contributed by atoms with Crippen LogP contribution < -0.4 is 4.80 Å². The van der Waals surface area contributed by atoms with Gasteiger partial charge in [0.05, 0.1) is 27.3 Å². The van der Waals surface area contributed by atoms with Crippen LogP contribution in [0.5, 0.6) is 0 Å². The van der Waals surface area contributed by atoms with E-state index in [0.717, 1.165) is 19.0 Å². The molecule has 0 aliphatic heterocycles. The summed E-state index contributed by atoms with van der Waals surface area (Å²) < 4.78 is 30.8. The van der Waals surface area contributed by atoms with Crippen molar-refractivity contribution in [1.82, 2.24) is 8.87 Å². The fourth-order valence-corrected chi connectivity index (χ4v) is 6.51. The highest BCUT2D eigenvalue weighted by atomic mass is 79.9. The van der Waals surface area contributed by atoms with E-state index in [1.165, 1.54) is 35.6 Å². The number of halogens is 1. The molecule has 0 aliphatic carbocycles. The molecule has 0 aliphatic rings. The molecule has 3 rings (SSSR count). The molecular weight excluding hydrogens is 526 g/mol. The second-order valence-corrected chi connectivity index (χ2v) is 10.7. The van der Waals surface area contributed by atoms with Gasteiger partial charge in [-0.25, -0.2) is 8.42 Å². The molecule has 0 atom stereocenters.